The molecular weight excluding hydrogens is 184 g/mol. The lowest BCUT2D eigenvalue weighted by atomic mass is 10.3. The second kappa shape index (κ2) is 5.11. The predicted molar refractivity (Wildman–Crippen MR) is 49.7 cm³/mol. The van der Waals surface area contributed by atoms with Crippen LogP contribution in [0.2, 0.25) is 0 Å². The summed E-state index contributed by atoms with van der Waals surface area (Å²) >= 11 is 0. The van der Waals surface area contributed by atoms with Crippen molar-refractivity contribution >= 4 is 5.97 Å². The third-order valence-electron chi connectivity index (χ3n) is 1.52. The first-order chi connectivity index (χ1) is 6.72. The number of carbonyl (C=O) groups is 1. The van der Waals surface area contributed by atoms with Crippen LogP contribution in [0.15, 0.2) is 24.3 Å². The zero-order chi connectivity index (χ0) is 10.4. The van der Waals surface area contributed by atoms with E-state index in [9.17, 15) is 4.79 Å². The molecule has 1 aromatic rings. The molecule has 0 bridgehead atoms. The van der Waals surface area contributed by atoms with Crippen molar-refractivity contribution in [2.45, 2.75) is 19.8 Å². The monoisotopic (exact) mass is 196 g/mol. The Bertz CT molecular complexity index is 291. The summed E-state index contributed by atoms with van der Waals surface area (Å²) in [4.78, 5) is 20.1. The first-order valence-corrected chi connectivity index (χ1v) is 4.38. The SMILES string of the molecule is CCCC(=O)OOc1ccc(O)cc1. The zero-order valence-electron chi connectivity index (χ0n) is 7.90. The molecule has 4 nitrogen and oxygen atoms in total. The number of benzene rings is 1. The Morgan fingerprint density at radius 2 is 2.00 bits per heavy atom. The van der Waals surface area contributed by atoms with Gasteiger partial charge in [0.05, 0.1) is 0 Å². The van der Waals surface area contributed by atoms with E-state index in [1.807, 2.05) is 6.92 Å². The molecule has 0 aliphatic carbocycles. The fourth-order valence-corrected chi connectivity index (χ4v) is 0.842. The summed E-state index contributed by atoms with van der Waals surface area (Å²) < 4.78 is 0. The van der Waals surface area contributed by atoms with Crippen LogP contribution in [-0.2, 0) is 9.68 Å². The second-order valence-electron chi connectivity index (χ2n) is 2.78. The van der Waals surface area contributed by atoms with Gasteiger partial charge in [0, 0.05) is 6.42 Å². The van der Waals surface area contributed by atoms with E-state index < -0.39 is 5.97 Å². The molecule has 0 aliphatic rings. The van der Waals surface area contributed by atoms with Crippen LogP contribution in [0.3, 0.4) is 0 Å². The van der Waals surface area contributed by atoms with Crippen LogP contribution in [0.4, 0.5) is 0 Å². The van der Waals surface area contributed by atoms with E-state index in [1.54, 1.807) is 0 Å². The molecule has 4 heteroatoms. The number of carbonyl (C=O) groups excluding carboxylic acids is 1. The molecule has 0 saturated heterocycles. The average molecular weight is 196 g/mol. The Balaban J connectivity index is 2.38. The molecule has 0 radical (unpaired) electrons. The molecular formula is C10H12O4. The smallest absolute Gasteiger partial charge is 0.355 e. The minimum atomic E-state index is -0.402. The first kappa shape index (κ1) is 10.4. The normalized spacial score (nSPS) is 9.50. The summed E-state index contributed by atoms with van der Waals surface area (Å²) in [5, 5.41) is 8.95. The van der Waals surface area contributed by atoms with Gasteiger partial charge >= 0.3 is 5.97 Å². The van der Waals surface area contributed by atoms with Gasteiger partial charge in [-0.05, 0) is 30.7 Å². The molecule has 1 rings (SSSR count). The number of phenolic OH excluding ortho intramolecular Hbond substituents is 1. The largest absolute Gasteiger partial charge is 0.508 e. The molecule has 1 aromatic carbocycles. The molecule has 14 heavy (non-hydrogen) atoms. The maximum Gasteiger partial charge on any atom is 0.355 e. The minimum absolute atomic E-state index is 0.136. The van der Waals surface area contributed by atoms with Gasteiger partial charge in [-0.1, -0.05) is 6.92 Å². The van der Waals surface area contributed by atoms with Crippen LogP contribution in [0.25, 0.3) is 0 Å². The summed E-state index contributed by atoms with van der Waals surface area (Å²) in [6.07, 6.45) is 1.05. The number of rotatable bonds is 4. The Morgan fingerprint density at radius 1 is 1.36 bits per heavy atom. The molecule has 0 spiro atoms. The van der Waals surface area contributed by atoms with Crippen LogP contribution in [-0.4, -0.2) is 11.1 Å². The van der Waals surface area contributed by atoms with Crippen molar-refractivity contribution in [3.05, 3.63) is 24.3 Å². The average Bonchev–Trinajstić information content (AvgIpc) is 2.17. The lowest BCUT2D eigenvalue weighted by Crippen LogP contribution is -2.06. The van der Waals surface area contributed by atoms with Gasteiger partial charge in [-0.25, -0.2) is 4.79 Å². The molecule has 0 aromatic heterocycles. The molecule has 76 valence electrons. The molecule has 0 saturated carbocycles. The molecule has 0 atom stereocenters. The Morgan fingerprint density at radius 3 is 2.57 bits per heavy atom. The fraction of sp³-hybridized carbons (Fsp3) is 0.300. The fourth-order valence-electron chi connectivity index (χ4n) is 0.842. The molecule has 0 amide bonds. The highest BCUT2D eigenvalue weighted by Crippen LogP contribution is 2.16. The van der Waals surface area contributed by atoms with Crippen molar-refractivity contribution in [2.24, 2.45) is 0 Å². The van der Waals surface area contributed by atoms with E-state index in [0.29, 0.717) is 12.2 Å². The van der Waals surface area contributed by atoms with Gasteiger partial charge in [0.2, 0.25) is 0 Å². The minimum Gasteiger partial charge on any atom is -0.508 e. The van der Waals surface area contributed by atoms with Gasteiger partial charge in [0.15, 0.2) is 5.75 Å². The van der Waals surface area contributed by atoms with Gasteiger partial charge in [-0.15, -0.1) is 0 Å². The highest BCUT2D eigenvalue weighted by Gasteiger charge is 2.02. The van der Waals surface area contributed by atoms with E-state index in [2.05, 4.69) is 4.89 Å². The number of hydrogen-bond donors (Lipinski definition) is 1. The van der Waals surface area contributed by atoms with Gasteiger partial charge < -0.3 is 5.11 Å². The van der Waals surface area contributed by atoms with Crippen molar-refractivity contribution in [3.8, 4) is 11.5 Å². The summed E-state index contributed by atoms with van der Waals surface area (Å²) in [6.45, 7) is 1.88. The summed E-state index contributed by atoms with van der Waals surface area (Å²) in [7, 11) is 0. The maximum absolute atomic E-state index is 10.9. The van der Waals surface area contributed by atoms with E-state index in [0.717, 1.165) is 6.42 Å². The van der Waals surface area contributed by atoms with Crippen LogP contribution >= 0.6 is 0 Å². The van der Waals surface area contributed by atoms with Gasteiger partial charge in [0.25, 0.3) is 0 Å². The molecule has 1 N–H and O–H groups in total. The van der Waals surface area contributed by atoms with Crippen molar-refractivity contribution in [3.63, 3.8) is 0 Å². The van der Waals surface area contributed by atoms with Crippen molar-refractivity contribution in [2.75, 3.05) is 0 Å². The van der Waals surface area contributed by atoms with E-state index in [-0.39, 0.29) is 5.75 Å². The van der Waals surface area contributed by atoms with Gasteiger partial charge in [-0.3, -0.25) is 9.78 Å². The zero-order valence-corrected chi connectivity index (χ0v) is 7.90. The number of hydrogen-bond acceptors (Lipinski definition) is 4. The molecule has 0 heterocycles. The molecule has 0 fully saturated rings. The van der Waals surface area contributed by atoms with Gasteiger partial charge in [0.1, 0.15) is 5.75 Å². The lowest BCUT2D eigenvalue weighted by Gasteiger charge is -2.03. The number of phenols is 1. The van der Waals surface area contributed by atoms with E-state index in [4.69, 9.17) is 9.99 Å². The van der Waals surface area contributed by atoms with Crippen LogP contribution in [0.5, 0.6) is 11.5 Å². The van der Waals surface area contributed by atoms with Crippen LogP contribution < -0.4 is 4.89 Å². The van der Waals surface area contributed by atoms with E-state index in [1.165, 1.54) is 24.3 Å². The Labute approximate surface area is 82.0 Å². The predicted octanol–water partition coefficient (Wildman–Crippen LogP) is 2.03. The van der Waals surface area contributed by atoms with Crippen molar-refractivity contribution < 1.29 is 19.7 Å². The summed E-state index contributed by atoms with van der Waals surface area (Å²) in [6, 6.07) is 5.91. The Kier molecular flexibility index (Phi) is 3.79. The lowest BCUT2D eigenvalue weighted by molar-refractivity contribution is -0.213. The topological polar surface area (TPSA) is 55.8 Å². The van der Waals surface area contributed by atoms with Crippen LogP contribution in [0.1, 0.15) is 19.8 Å². The Hall–Kier alpha value is -1.71. The maximum atomic E-state index is 10.9. The highest BCUT2D eigenvalue weighted by molar-refractivity contribution is 5.68. The second-order valence-corrected chi connectivity index (χ2v) is 2.78. The van der Waals surface area contributed by atoms with Crippen molar-refractivity contribution in [1.29, 1.82) is 0 Å². The quantitative estimate of drug-likeness (QED) is 0.591. The van der Waals surface area contributed by atoms with E-state index >= 15 is 0 Å². The number of aromatic hydroxyl groups is 1. The van der Waals surface area contributed by atoms with Crippen molar-refractivity contribution in [1.82, 2.24) is 0 Å². The van der Waals surface area contributed by atoms with Crippen LogP contribution in [0, 0.1) is 0 Å². The summed E-state index contributed by atoms with van der Waals surface area (Å²) in [5.41, 5.74) is 0. The third-order valence-corrected chi connectivity index (χ3v) is 1.52. The molecule has 0 unspecified atom stereocenters. The molecule has 0 aliphatic heterocycles. The standard InChI is InChI=1S/C10H12O4/c1-2-3-10(12)14-13-9-6-4-8(11)5-7-9/h4-7,11H,2-3H2,1H3. The van der Waals surface area contributed by atoms with Gasteiger partial charge in [-0.2, -0.15) is 0 Å². The third kappa shape index (κ3) is 3.35. The highest BCUT2D eigenvalue weighted by atomic mass is 17.2. The first-order valence-electron chi connectivity index (χ1n) is 4.38. The summed E-state index contributed by atoms with van der Waals surface area (Å²) in [5.74, 6) is 0.116.